The van der Waals surface area contributed by atoms with Gasteiger partial charge >= 0.3 is 5.97 Å². The third kappa shape index (κ3) is 2.80. The molecule has 2 aromatic heterocycles. The second-order valence-electron chi connectivity index (χ2n) is 3.62. The van der Waals surface area contributed by atoms with Crippen LogP contribution in [-0.2, 0) is 0 Å². The largest absolute Gasteiger partial charge is 0.475 e. The summed E-state index contributed by atoms with van der Waals surface area (Å²) in [4.78, 5) is 20.8. The molecule has 0 amide bonds. The molecule has 0 fully saturated rings. The molecule has 0 aliphatic heterocycles. The van der Waals surface area contributed by atoms with Crippen molar-refractivity contribution < 1.29 is 14.3 Å². The standard InChI is InChI=1S/C11H11N3O3S/c1-14(2)11-12-6-5-8(13-11)18-9-4-3-7(17-9)10(15)16/h3-6H,1-2H3,(H,15,16). The normalized spacial score (nSPS) is 10.3. The Hall–Kier alpha value is -2.02. The number of aromatic carboxylic acids is 1. The highest BCUT2D eigenvalue weighted by Gasteiger charge is 2.11. The molecule has 0 aliphatic rings. The van der Waals surface area contributed by atoms with Crippen LogP contribution in [0.1, 0.15) is 10.6 Å². The molecule has 0 bridgehead atoms. The first-order valence-corrected chi connectivity index (χ1v) is 5.89. The molecule has 2 rings (SSSR count). The van der Waals surface area contributed by atoms with Crippen molar-refractivity contribution in [3.8, 4) is 0 Å². The van der Waals surface area contributed by atoms with Crippen LogP contribution in [0, 0.1) is 0 Å². The molecule has 0 saturated heterocycles. The second-order valence-corrected chi connectivity index (χ2v) is 4.64. The summed E-state index contributed by atoms with van der Waals surface area (Å²) in [6.45, 7) is 0. The van der Waals surface area contributed by atoms with E-state index in [0.29, 0.717) is 16.1 Å². The SMILES string of the molecule is CN(C)c1nccc(Sc2ccc(C(=O)O)o2)n1. The van der Waals surface area contributed by atoms with Crippen molar-refractivity contribution in [1.29, 1.82) is 0 Å². The van der Waals surface area contributed by atoms with Crippen LogP contribution in [0.2, 0.25) is 0 Å². The average molecular weight is 265 g/mol. The van der Waals surface area contributed by atoms with E-state index in [1.807, 2.05) is 14.1 Å². The van der Waals surface area contributed by atoms with Gasteiger partial charge in [0, 0.05) is 20.3 Å². The van der Waals surface area contributed by atoms with Crippen LogP contribution >= 0.6 is 11.8 Å². The lowest BCUT2D eigenvalue weighted by Gasteiger charge is -2.09. The monoisotopic (exact) mass is 265 g/mol. The number of carboxylic acid groups (broad SMARTS) is 1. The van der Waals surface area contributed by atoms with E-state index in [-0.39, 0.29) is 5.76 Å². The van der Waals surface area contributed by atoms with Crippen molar-refractivity contribution in [3.63, 3.8) is 0 Å². The molecular formula is C11H11N3O3S. The van der Waals surface area contributed by atoms with Gasteiger partial charge in [0.2, 0.25) is 11.7 Å². The van der Waals surface area contributed by atoms with Gasteiger partial charge in [-0.3, -0.25) is 0 Å². The highest BCUT2D eigenvalue weighted by Crippen LogP contribution is 2.28. The van der Waals surface area contributed by atoms with E-state index < -0.39 is 5.97 Å². The van der Waals surface area contributed by atoms with Crippen LogP contribution in [0.25, 0.3) is 0 Å². The Kier molecular flexibility index (Phi) is 3.52. The summed E-state index contributed by atoms with van der Waals surface area (Å²) in [6.07, 6.45) is 1.64. The first-order valence-electron chi connectivity index (χ1n) is 5.07. The maximum atomic E-state index is 10.7. The van der Waals surface area contributed by atoms with Gasteiger partial charge in [-0.25, -0.2) is 14.8 Å². The van der Waals surface area contributed by atoms with E-state index in [2.05, 4.69) is 9.97 Å². The van der Waals surface area contributed by atoms with Crippen LogP contribution in [0.15, 0.2) is 38.9 Å². The molecule has 0 saturated carbocycles. The highest BCUT2D eigenvalue weighted by molar-refractivity contribution is 7.99. The number of hydrogen-bond donors (Lipinski definition) is 1. The van der Waals surface area contributed by atoms with Crippen molar-refractivity contribution in [3.05, 3.63) is 30.2 Å². The quantitative estimate of drug-likeness (QED) is 0.847. The fourth-order valence-corrected chi connectivity index (χ4v) is 1.93. The van der Waals surface area contributed by atoms with Crippen LogP contribution < -0.4 is 4.90 Å². The number of rotatable bonds is 4. The third-order valence-corrected chi connectivity index (χ3v) is 2.87. The third-order valence-electron chi connectivity index (χ3n) is 2.01. The minimum absolute atomic E-state index is 0.0839. The smallest absolute Gasteiger partial charge is 0.371 e. The molecule has 94 valence electrons. The van der Waals surface area contributed by atoms with E-state index in [9.17, 15) is 4.79 Å². The van der Waals surface area contributed by atoms with Gasteiger partial charge in [-0.15, -0.1) is 0 Å². The van der Waals surface area contributed by atoms with Gasteiger partial charge < -0.3 is 14.4 Å². The van der Waals surface area contributed by atoms with Crippen molar-refractivity contribution in [1.82, 2.24) is 9.97 Å². The van der Waals surface area contributed by atoms with Crippen LogP contribution in [0.4, 0.5) is 5.95 Å². The van der Waals surface area contributed by atoms with Gasteiger partial charge in [-0.2, -0.15) is 0 Å². The van der Waals surface area contributed by atoms with Crippen LogP contribution in [0.5, 0.6) is 0 Å². The average Bonchev–Trinajstić information content (AvgIpc) is 2.78. The summed E-state index contributed by atoms with van der Waals surface area (Å²) in [5.41, 5.74) is 0. The molecule has 0 unspecified atom stereocenters. The number of aromatic nitrogens is 2. The van der Waals surface area contributed by atoms with Crippen molar-refractivity contribution in [2.24, 2.45) is 0 Å². The lowest BCUT2D eigenvalue weighted by Crippen LogP contribution is -2.12. The number of carbonyl (C=O) groups is 1. The first kappa shape index (κ1) is 12.4. The van der Waals surface area contributed by atoms with Gasteiger partial charge in [0.25, 0.3) is 0 Å². The molecule has 7 heteroatoms. The number of carboxylic acids is 1. The molecule has 2 aromatic rings. The van der Waals surface area contributed by atoms with E-state index in [4.69, 9.17) is 9.52 Å². The molecule has 1 N–H and O–H groups in total. The fraction of sp³-hybridized carbons (Fsp3) is 0.182. The summed E-state index contributed by atoms with van der Waals surface area (Å²) < 4.78 is 5.14. The topological polar surface area (TPSA) is 79.5 Å². The zero-order chi connectivity index (χ0) is 13.1. The molecule has 0 radical (unpaired) electrons. The Morgan fingerprint density at radius 3 is 2.78 bits per heavy atom. The highest BCUT2D eigenvalue weighted by atomic mass is 32.2. The van der Waals surface area contributed by atoms with Crippen molar-refractivity contribution >= 4 is 23.7 Å². The van der Waals surface area contributed by atoms with Gasteiger partial charge in [-0.05, 0) is 30.0 Å². The summed E-state index contributed by atoms with van der Waals surface area (Å²) in [5, 5.41) is 9.92. The molecule has 0 atom stereocenters. The maximum Gasteiger partial charge on any atom is 0.371 e. The summed E-state index contributed by atoms with van der Waals surface area (Å²) in [5.74, 6) is -0.581. The molecule has 18 heavy (non-hydrogen) atoms. The van der Waals surface area contributed by atoms with E-state index in [1.54, 1.807) is 23.2 Å². The Balaban J connectivity index is 2.17. The lowest BCUT2D eigenvalue weighted by molar-refractivity contribution is 0.0656. The van der Waals surface area contributed by atoms with E-state index in [0.717, 1.165) is 0 Å². The Morgan fingerprint density at radius 2 is 2.17 bits per heavy atom. The summed E-state index contributed by atoms with van der Waals surface area (Å²) in [7, 11) is 3.69. The van der Waals surface area contributed by atoms with Crippen LogP contribution in [-0.4, -0.2) is 35.1 Å². The first-order chi connectivity index (χ1) is 8.56. The number of nitrogens with zero attached hydrogens (tertiary/aromatic N) is 3. The zero-order valence-corrected chi connectivity index (χ0v) is 10.6. The lowest BCUT2D eigenvalue weighted by atomic mass is 10.5. The molecule has 6 nitrogen and oxygen atoms in total. The van der Waals surface area contributed by atoms with Gasteiger partial charge in [0.1, 0.15) is 5.03 Å². The molecular weight excluding hydrogens is 254 g/mol. The van der Waals surface area contributed by atoms with E-state index in [1.165, 1.54) is 17.8 Å². The fourth-order valence-electron chi connectivity index (χ4n) is 1.20. The predicted octanol–water partition coefficient (Wildman–Crippen LogP) is 1.99. The summed E-state index contributed by atoms with van der Waals surface area (Å²) >= 11 is 1.25. The second kappa shape index (κ2) is 5.09. The molecule has 0 spiro atoms. The van der Waals surface area contributed by atoms with Crippen LogP contribution in [0.3, 0.4) is 0 Å². The number of anilines is 1. The predicted molar refractivity (Wildman–Crippen MR) is 66.1 cm³/mol. The van der Waals surface area contributed by atoms with Gasteiger partial charge in [-0.1, -0.05) is 0 Å². The zero-order valence-electron chi connectivity index (χ0n) is 9.82. The number of hydrogen-bond acceptors (Lipinski definition) is 6. The Morgan fingerprint density at radius 1 is 1.39 bits per heavy atom. The van der Waals surface area contributed by atoms with Gasteiger partial charge in [0.05, 0.1) is 0 Å². The minimum atomic E-state index is -1.08. The van der Waals surface area contributed by atoms with Crippen molar-refractivity contribution in [2.45, 2.75) is 10.1 Å². The summed E-state index contributed by atoms with van der Waals surface area (Å²) in [6, 6.07) is 4.75. The molecule has 0 aliphatic carbocycles. The minimum Gasteiger partial charge on any atom is -0.475 e. The van der Waals surface area contributed by atoms with E-state index >= 15 is 0 Å². The Bertz CT molecular complexity index is 568. The molecule has 0 aromatic carbocycles. The van der Waals surface area contributed by atoms with Crippen molar-refractivity contribution in [2.75, 3.05) is 19.0 Å². The Labute approximate surface area is 108 Å². The molecule has 2 heterocycles. The van der Waals surface area contributed by atoms with Gasteiger partial charge in [0.15, 0.2) is 5.09 Å². The number of furan rings is 1. The maximum absolute atomic E-state index is 10.7.